The van der Waals surface area contributed by atoms with Crippen LogP contribution in [0.4, 0.5) is 4.79 Å². The average molecular weight is 281 g/mol. The Morgan fingerprint density at radius 1 is 1.40 bits per heavy atom. The number of hydrogen-bond acceptors (Lipinski definition) is 3. The topological polar surface area (TPSA) is 93.4 Å². The van der Waals surface area contributed by atoms with E-state index in [2.05, 4.69) is 5.32 Å². The second kappa shape index (κ2) is 8.41. The summed E-state index contributed by atoms with van der Waals surface area (Å²) in [6.07, 6.45) is 5.14. The van der Waals surface area contributed by atoms with Crippen LogP contribution in [0.3, 0.4) is 0 Å². The third kappa shape index (κ3) is 4.72. The standard InChI is InChI=1S/C14H23N3O3/c1-2-17(10-6-9-15)14(20)16-12(13(18)19)11-7-4-3-5-8-11/h11-12H,2-8,10H2,1H3,(H,16,20)(H,18,19). The highest BCUT2D eigenvalue weighted by molar-refractivity contribution is 5.82. The van der Waals surface area contributed by atoms with Gasteiger partial charge >= 0.3 is 12.0 Å². The Morgan fingerprint density at radius 3 is 2.55 bits per heavy atom. The van der Waals surface area contributed by atoms with Crippen LogP contribution in [-0.4, -0.2) is 41.1 Å². The summed E-state index contributed by atoms with van der Waals surface area (Å²) in [6, 6.07) is 0.780. The quantitative estimate of drug-likeness (QED) is 0.778. The molecule has 0 saturated heterocycles. The number of carboxylic acids is 1. The largest absolute Gasteiger partial charge is 0.480 e. The van der Waals surface area contributed by atoms with E-state index in [0.717, 1.165) is 32.1 Å². The summed E-state index contributed by atoms with van der Waals surface area (Å²) in [5.74, 6) is -0.957. The number of carbonyl (C=O) groups is 2. The number of rotatable bonds is 6. The summed E-state index contributed by atoms with van der Waals surface area (Å²) in [6.45, 7) is 2.60. The van der Waals surface area contributed by atoms with Gasteiger partial charge in [0.1, 0.15) is 6.04 Å². The van der Waals surface area contributed by atoms with Gasteiger partial charge in [0.15, 0.2) is 0 Å². The molecule has 2 amide bonds. The van der Waals surface area contributed by atoms with Crippen molar-refractivity contribution in [2.75, 3.05) is 13.1 Å². The van der Waals surface area contributed by atoms with Gasteiger partial charge in [0, 0.05) is 13.1 Å². The second-order valence-electron chi connectivity index (χ2n) is 5.15. The summed E-state index contributed by atoms with van der Waals surface area (Å²) >= 11 is 0. The number of hydrogen-bond donors (Lipinski definition) is 2. The van der Waals surface area contributed by atoms with Crippen molar-refractivity contribution in [3.8, 4) is 6.07 Å². The van der Waals surface area contributed by atoms with Crippen molar-refractivity contribution in [1.82, 2.24) is 10.2 Å². The lowest BCUT2D eigenvalue weighted by molar-refractivity contribution is -0.141. The molecule has 1 fully saturated rings. The Labute approximate surface area is 119 Å². The zero-order chi connectivity index (χ0) is 15.0. The summed E-state index contributed by atoms with van der Waals surface area (Å²) in [5.41, 5.74) is 0. The summed E-state index contributed by atoms with van der Waals surface area (Å²) in [7, 11) is 0. The first kappa shape index (κ1) is 16.3. The van der Waals surface area contributed by atoms with Crippen molar-refractivity contribution in [3.63, 3.8) is 0 Å². The van der Waals surface area contributed by atoms with E-state index in [1.807, 2.05) is 13.0 Å². The van der Waals surface area contributed by atoms with E-state index in [4.69, 9.17) is 5.26 Å². The predicted molar refractivity (Wildman–Crippen MR) is 74.0 cm³/mol. The predicted octanol–water partition coefficient (Wildman–Crippen LogP) is 1.97. The monoisotopic (exact) mass is 281 g/mol. The van der Waals surface area contributed by atoms with Crippen LogP contribution in [0.15, 0.2) is 0 Å². The minimum Gasteiger partial charge on any atom is -0.480 e. The van der Waals surface area contributed by atoms with Gasteiger partial charge in [0.25, 0.3) is 0 Å². The highest BCUT2D eigenvalue weighted by Crippen LogP contribution is 2.26. The lowest BCUT2D eigenvalue weighted by atomic mass is 9.84. The number of nitriles is 1. The van der Waals surface area contributed by atoms with Gasteiger partial charge in [-0.1, -0.05) is 19.3 Å². The molecule has 0 bridgehead atoms. The number of nitrogens with zero attached hydrogens (tertiary/aromatic N) is 2. The van der Waals surface area contributed by atoms with Crippen LogP contribution in [0.25, 0.3) is 0 Å². The van der Waals surface area contributed by atoms with Crippen molar-refractivity contribution in [2.45, 2.75) is 51.5 Å². The van der Waals surface area contributed by atoms with E-state index >= 15 is 0 Å². The zero-order valence-corrected chi connectivity index (χ0v) is 12.0. The molecule has 6 nitrogen and oxygen atoms in total. The fourth-order valence-corrected chi connectivity index (χ4v) is 2.66. The van der Waals surface area contributed by atoms with Crippen LogP contribution in [0.5, 0.6) is 0 Å². The first-order chi connectivity index (χ1) is 9.60. The van der Waals surface area contributed by atoms with Crippen molar-refractivity contribution in [2.24, 2.45) is 5.92 Å². The maximum atomic E-state index is 12.1. The molecule has 0 aliphatic heterocycles. The Hall–Kier alpha value is -1.77. The SMILES string of the molecule is CCN(CCC#N)C(=O)NC(C(=O)O)C1CCCCC1. The van der Waals surface area contributed by atoms with Gasteiger partial charge in [-0.25, -0.2) is 9.59 Å². The molecule has 1 rings (SSSR count). The number of carboxylic acid groups (broad SMARTS) is 1. The fourth-order valence-electron chi connectivity index (χ4n) is 2.66. The Balaban J connectivity index is 2.61. The summed E-state index contributed by atoms with van der Waals surface area (Å²) < 4.78 is 0. The molecular weight excluding hydrogens is 258 g/mol. The smallest absolute Gasteiger partial charge is 0.326 e. The van der Waals surface area contributed by atoms with Crippen molar-refractivity contribution in [3.05, 3.63) is 0 Å². The summed E-state index contributed by atoms with van der Waals surface area (Å²) in [4.78, 5) is 24.9. The average Bonchev–Trinajstić information content (AvgIpc) is 2.46. The van der Waals surface area contributed by atoms with E-state index in [9.17, 15) is 14.7 Å². The molecule has 112 valence electrons. The first-order valence-electron chi connectivity index (χ1n) is 7.25. The minimum atomic E-state index is -0.971. The molecule has 1 saturated carbocycles. The van der Waals surface area contributed by atoms with E-state index in [1.54, 1.807) is 0 Å². The Morgan fingerprint density at radius 2 is 2.05 bits per heavy atom. The van der Waals surface area contributed by atoms with Gasteiger partial charge in [0.2, 0.25) is 0 Å². The van der Waals surface area contributed by atoms with Crippen LogP contribution < -0.4 is 5.32 Å². The van der Waals surface area contributed by atoms with Gasteiger partial charge in [0.05, 0.1) is 12.5 Å². The number of aliphatic carboxylic acids is 1. The Kier molecular flexibility index (Phi) is 6.85. The molecule has 0 aromatic rings. The molecule has 1 unspecified atom stereocenters. The molecule has 1 aliphatic rings. The summed E-state index contributed by atoms with van der Waals surface area (Å²) in [5, 5.41) is 20.5. The van der Waals surface area contributed by atoms with Gasteiger partial charge in [-0.3, -0.25) is 0 Å². The van der Waals surface area contributed by atoms with Crippen LogP contribution in [-0.2, 0) is 4.79 Å². The van der Waals surface area contributed by atoms with Crippen LogP contribution in [0.1, 0.15) is 45.4 Å². The van der Waals surface area contributed by atoms with Gasteiger partial charge < -0.3 is 15.3 Å². The highest BCUT2D eigenvalue weighted by Gasteiger charge is 2.31. The van der Waals surface area contributed by atoms with Crippen LogP contribution in [0, 0.1) is 17.2 Å². The fraction of sp³-hybridized carbons (Fsp3) is 0.786. The molecule has 0 radical (unpaired) electrons. The molecule has 0 heterocycles. The van der Waals surface area contributed by atoms with Crippen molar-refractivity contribution >= 4 is 12.0 Å². The normalized spacial score (nSPS) is 17.0. The molecule has 1 aliphatic carbocycles. The van der Waals surface area contributed by atoms with Gasteiger partial charge in [-0.15, -0.1) is 0 Å². The Bertz CT molecular complexity index is 372. The molecule has 6 heteroatoms. The number of urea groups is 1. The molecule has 1 atom stereocenters. The van der Waals surface area contributed by atoms with Crippen LogP contribution in [0.2, 0.25) is 0 Å². The number of nitrogens with one attached hydrogen (secondary N) is 1. The molecule has 0 aromatic heterocycles. The van der Waals surface area contributed by atoms with Crippen LogP contribution >= 0.6 is 0 Å². The lowest BCUT2D eigenvalue weighted by Crippen LogP contribution is -2.51. The minimum absolute atomic E-state index is 0.0138. The third-order valence-corrected chi connectivity index (χ3v) is 3.83. The molecule has 20 heavy (non-hydrogen) atoms. The number of carbonyl (C=O) groups excluding carboxylic acids is 1. The maximum Gasteiger partial charge on any atom is 0.326 e. The highest BCUT2D eigenvalue weighted by atomic mass is 16.4. The zero-order valence-electron chi connectivity index (χ0n) is 12.0. The molecule has 2 N–H and O–H groups in total. The van der Waals surface area contributed by atoms with E-state index < -0.39 is 12.0 Å². The van der Waals surface area contributed by atoms with E-state index in [1.165, 1.54) is 4.90 Å². The second-order valence-corrected chi connectivity index (χ2v) is 5.15. The molecule has 0 spiro atoms. The molecule has 0 aromatic carbocycles. The number of amides is 2. The maximum absolute atomic E-state index is 12.1. The van der Waals surface area contributed by atoms with E-state index in [-0.39, 0.29) is 18.4 Å². The van der Waals surface area contributed by atoms with Gasteiger partial charge in [-0.2, -0.15) is 5.26 Å². The molecular formula is C14H23N3O3. The van der Waals surface area contributed by atoms with Crippen molar-refractivity contribution < 1.29 is 14.7 Å². The van der Waals surface area contributed by atoms with E-state index in [0.29, 0.717) is 13.1 Å². The van der Waals surface area contributed by atoms with Crippen molar-refractivity contribution in [1.29, 1.82) is 5.26 Å². The lowest BCUT2D eigenvalue weighted by Gasteiger charge is -2.30. The first-order valence-corrected chi connectivity index (χ1v) is 7.25. The van der Waals surface area contributed by atoms with Gasteiger partial charge in [-0.05, 0) is 25.7 Å². The third-order valence-electron chi connectivity index (χ3n) is 3.83.